The summed E-state index contributed by atoms with van der Waals surface area (Å²) < 4.78 is 11.7. The zero-order chi connectivity index (χ0) is 19.3. The molecule has 5 heteroatoms. The first-order chi connectivity index (χ1) is 13.7. The number of hydrogen-bond donors (Lipinski definition) is 1. The monoisotopic (exact) mass is 384 g/mol. The number of carbonyl (C=O) groups is 1. The van der Waals surface area contributed by atoms with E-state index in [0.717, 1.165) is 50.4 Å². The maximum absolute atomic E-state index is 12.6. The fraction of sp³-hybridized carbons (Fsp3) is 0.609. The Morgan fingerprint density at radius 3 is 2.64 bits per heavy atom. The molecule has 1 heterocycles. The third kappa shape index (κ3) is 5.07. The van der Waals surface area contributed by atoms with Crippen LogP contribution < -0.4 is 14.8 Å². The van der Waals surface area contributed by atoms with Gasteiger partial charge in [-0.15, -0.1) is 0 Å². The molecule has 3 aliphatic rings. The highest BCUT2D eigenvalue weighted by atomic mass is 16.5. The van der Waals surface area contributed by atoms with Crippen LogP contribution in [0.4, 0.5) is 0 Å². The molecule has 28 heavy (non-hydrogen) atoms. The van der Waals surface area contributed by atoms with Gasteiger partial charge >= 0.3 is 0 Å². The van der Waals surface area contributed by atoms with E-state index in [0.29, 0.717) is 17.4 Å². The Labute approximate surface area is 168 Å². The number of methoxy groups -OCH3 is 1. The molecular formula is C23H32N2O3. The van der Waals surface area contributed by atoms with Gasteiger partial charge in [-0.25, -0.2) is 0 Å². The van der Waals surface area contributed by atoms with Gasteiger partial charge in [-0.3, -0.25) is 4.79 Å². The van der Waals surface area contributed by atoms with Crippen molar-refractivity contribution in [2.24, 2.45) is 5.92 Å². The molecule has 2 fully saturated rings. The molecule has 0 aromatic heterocycles. The van der Waals surface area contributed by atoms with Gasteiger partial charge in [-0.05, 0) is 63.0 Å². The van der Waals surface area contributed by atoms with Crippen LogP contribution in [0.3, 0.4) is 0 Å². The van der Waals surface area contributed by atoms with Crippen molar-refractivity contribution >= 4 is 5.91 Å². The molecule has 1 amide bonds. The van der Waals surface area contributed by atoms with E-state index in [9.17, 15) is 4.79 Å². The molecule has 5 nitrogen and oxygen atoms in total. The maximum Gasteiger partial charge on any atom is 0.255 e. The Morgan fingerprint density at radius 1 is 1.14 bits per heavy atom. The van der Waals surface area contributed by atoms with Crippen LogP contribution in [0, 0.1) is 5.92 Å². The minimum atomic E-state index is -0.0389. The largest absolute Gasteiger partial charge is 0.497 e. The van der Waals surface area contributed by atoms with Crippen LogP contribution in [0.1, 0.15) is 55.3 Å². The number of carbonyl (C=O) groups excluding carboxylic acids is 1. The van der Waals surface area contributed by atoms with Crippen LogP contribution in [0.25, 0.3) is 0 Å². The van der Waals surface area contributed by atoms with Crippen molar-refractivity contribution in [2.75, 3.05) is 26.7 Å². The van der Waals surface area contributed by atoms with E-state index in [2.05, 4.69) is 22.4 Å². The lowest BCUT2D eigenvalue weighted by atomic mass is 9.93. The highest BCUT2D eigenvalue weighted by Crippen LogP contribution is 2.29. The lowest BCUT2D eigenvalue weighted by Gasteiger charge is -2.35. The van der Waals surface area contributed by atoms with Crippen molar-refractivity contribution in [3.05, 3.63) is 35.9 Å². The molecule has 152 valence electrons. The maximum atomic E-state index is 12.6. The number of amides is 1. The fourth-order valence-electron chi connectivity index (χ4n) is 4.18. The predicted octanol–water partition coefficient (Wildman–Crippen LogP) is 3.79. The first-order valence-corrected chi connectivity index (χ1v) is 10.7. The van der Waals surface area contributed by atoms with Gasteiger partial charge in [0.15, 0.2) is 0 Å². The number of rotatable bonds is 7. The average molecular weight is 385 g/mol. The number of ether oxygens (including phenoxy) is 2. The zero-order valence-electron chi connectivity index (χ0n) is 16.9. The number of nitrogens with zero attached hydrogens (tertiary/aromatic N) is 1. The van der Waals surface area contributed by atoms with Crippen molar-refractivity contribution in [1.29, 1.82) is 0 Å². The van der Waals surface area contributed by atoms with Crippen LogP contribution in [0.15, 0.2) is 30.4 Å². The summed E-state index contributed by atoms with van der Waals surface area (Å²) in [4.78, 5) is 15.2. The summed E-state index contributed by atoms with van der Waals surface area (Å²) in [6.45, 7) is 3.34. The van der Waals surface area contributed by atoms with E-state index in [4.69, 9.17) is 9.47 Å². The van der Waals surface area contributed by atoms with Gasteiger partial charge in [0, 0.05) is 31.7 Å². The van der Waals surface area contributed by atoms with Gasteiger partial charge < -0.3 is 19.7 Å². The number of likely N-dealkylation sites (tertiary alicyclic amines) is 1. The van der Waals surface area contributed by atoms with E-state index in [1.54, 1.807) is 7.11 Å². The Morgan fingerprint density at radius 2 is 1.96 bits per heavy atom. The molecule has 0 spiro atoms. The summed E-state index contributed by atoms with van der Waals surface area (Å²) in [6, 6.07) is 5.83. The lowest BCUT2D eigenvalue weighted by molar-refractivity contribution is 0.0854. The highest BCUT2D eigenvalue weighted by molar-refractivity contribution is 5.97. The first-order valence-electron chi connectivity index (χ1n) is 10.7. The third-order valence-electron chi connectivity index (χ3n) is 6.07. The van der Waals surface area contributed by atoms with Gasteiger partial charge in [0.05, 0.1) is 12.7 Å². The zero-order valence-corrected chi connectivity index (χ0v) is 16.9. The van der Waals surface area contributed by atoms with E-state index in [1.807, 2.05) is 18.2 Å². The van der Waals surface area contributed by atoms with Crippen LogP contribution in [0.5, 0.6) is 11.5 Å². The van der Waals surface area contributed by atoms with Crippen LogP contribution >= 0.6 is 0 Å². The minimum absolute atomic E-state index is 0.0389. The molecule has 1 saturated carbocycles. The van der Waals surface area contributed by atoms with Crippen LogP contribution in [-0.2, 0) is 0 Å². The molecule has 2 aliphatic carbocycles. The smallest absolute Gasteiger partial charge is 0.255 e. The quantitative estimate of drug-likeness (QED) is 0.727. The Kier molecular flexibility index (Phi) is 6.20. The summed E-state index contributed by atoms with van der Waals surface area (Å²) >= 11 is 0. The van der Waals surface area contributed by atoms with Crippen molar-refractivity contribution < 1.29 is 14.3 Å². The van der Waals surface area contributed by atoms with E-state index in [1.165, 1.54) is 25.8 Å². The van der Waals surface area contributed by atoms with Crippen molar-refractivity contribution in [2.45, 2.75) is 57.1 Å². The molecular weight excluding hydrogens is 352 g/mol. The van der Waals surface area contributed by atoms with Gasteiger partial charge in [0.1, 0.15) is 17.6 Å². The van der Waals surface area contributed by atoms with Gasteiger partial charge in [-0.1, -0.05) is 12.2 Å². The summed E-state index contributed by atoms with van der Waals surface area (Å²) in [7, 11) is 1.64. The number of piperidine rings is 1. The van der Waals surface area contributed by atoms with Gasteiger partial charge in [0.2, 0.25) is 0 Å². The summed E-state index contributed by atoms with van der Waals surface area (Å²) in [5, 5.41) is 3.06. The lowest BCUT2D eigenvalue weighted by Crippen LogP contribution is -2.41. The second kappa shape index (κ2) is 8.99. The molecule has 1 atom stereocenters. The van der Waals surface area contributed by atoms with E-state index in [-0.39, 0.29) is 12.0 Å². The second-order valence-corrected chi connectivity index (χ2v) is 8.38. The van der Waals surface area contributed by atoms with Crippen molar-refractivity contribution in [3.63, 3.8) is 0 Å². The molecule has 4 rings (SSSR count). The summed E-state index contributed by atoms with van der Waals surface area (Å²) in [6.07, 6.45) is 12.7. The Hall–Kier alpha value is -2.01. The molecule has 1 saturated heterocycles. The molecule has 1 aromatic rings. The van der Waals surface area contributed by atoms with Crippen molar-refractivity contribution in [1.82, 2.24) is 10.2 Å². The Bertz CT molecular complexity index is 706. The Balaban J connectivity index is 1.34. The molecule has 0 radical (unpaired) electrons. The molecule has 0 bridgehead atoms. The number of benzene rings is 1. The number of nitrogens with one attached hydrogen (secondary N) is 1. The second-order valence-electron chi connectivity index (χ2n) is 8.38. The normalized spacial score (nSPS) is 23.4. The average Bonchev–Trinajstić information content (AvgIpc) is 3.54. The van der Waals surface area contributed by atoms with E-state index < -0.39 is 0 Å². The van der Waals surface area contributed by atoms with E-state index >= 15 is 0 Å². The minimum Gasteiger partial charge on any atom is -0.497 e. The van der Waals surface area contributed by atoms with Gasteiger partial charge in [0.25, 0.3) is 5.91 Å². The topological polar surface area (TPSA) is 50.8 Å². The highest BCUT2D eigenvalue weighted by Gasteiger charge is 2.27. The molecule has 1 aliphatic heterocycles. The third-order valence-corrected chi connectivity index (χ3v) is 6.07. The molecule has 1 aromatic carbocycles. The van der Waals surface area contributed by atoms with Crippen molar-refractivity contribution in [3.8, 4) is 11.5 Å². The first kappa shape index (κ1) is 19.3. The number of allylic oxidation sites excluding steroid dienone is 2. The summed E-state index contributed by atoms with van der Waals surface area (Å²) in [5.74, 6) is 2.13. The predicted molar refractivity (Wildman–Crippen MR) is 110 cm³/mol. The summed E-state index contributed by atoms with van der Waals surface area (Å²) in [5.41, 5.74) is 0.615. The van der Waals surface area contributed by atoms with Crippen LogP contribution in [-0.4, -0.2) is 49.7 Å². The van der Waals surface area contributed by atoms with Crippen LogP contribution in [0.2, 0.25) is 0 Å². The molecule has 0 unspecified atom stereocenters. The standard InChI is InChI=1S/C23H32N2O3/c1-27-20-9-10-21(23(26)24-18-7-8-18)22(15-20)28-19-11-13-25(14-12-19)16-17-5-3-2-4-6-17/h2-3,9-10,15,17-19H,4-8,11-14,16H2,1H3,(H,24,26)/t17-/m0/s1. The van der Waals surface area contributed by atoms with Gasteiger partial charge in [-0.2, -0.15) is 0 Å². The SMILES string of the molecule is COc1ccc(C(=O)NC2CC2)c(OC2CCN(C[C@H]3CC=CCC3)CC2)c1. The number of hydrogen-bond acceptors (Lipinski definition) is 4. The molecule has 1 N–H and O–H groups in total. The fourth-order valence-corrected chi connectivity index (χ4v) is 4.18.